The predicted octanol–water partition coefficient (Wildman–Crippen LogP) is 5.49. The summed E-state index contributed by atoms with van der Waals surface area (Å²) in [5.41, 5.74) is 2.84. The van der Waals surface area contributed by atoms with Gasteiger partial charge in [-0.3, -0.25) is 4.90 Å². The number of rotatable bonds is 11. The van der Waals surface area contributed by atoms with Crippen LogP contribution in [0.2, 0.25) is 0 Å². The third-order valence-electron chi connectivity index (χ3n) is 6.68. The maximum Gasteiger partial charge on any atom is 0.232 e. The first-order chi connectivity index (χ1) is 18.0. The number of benzene rings is 2. The van der Waals surface area contributed by atoms with Crippen molar-refractivity contribution < 1.29 is 14.2 Å². The van der Waals surface area contributed by atoms with E-state index in [-0.39, 0.29) is 0 Å². The quantitative estimate of drug-likeness (QED) is 0.347. The Bertz CT molecular complexity index is 1210. The third-order valence-corrected chi connectivity index (χ3v) is 6.68. The molecule has 7 nitrogen and oxygen atoms in total. The summed E-state index contributed by atoms with van der Waals surface area (Å²) in [5, 5.41) is 15.8. The van der Waals surface area contributed by atoms with Crippen LogP contribution in [0, 0.1) is 11.3 Å². The fourth-order valence-electron chi connectivity index (χ4n) is 4.55. The number of fused-ring (bicyclic) bond motifs is 1. The van der Waals surface area contributed by atoms with Crippen molar-refractivity contribution in [1.82, 2.24) is 9.88 Å². The lowest BCUT2D eigenvalue weighted by atomic mass is 9.98. The van der Waals surface area contributed by atoms with Crippen LogP contribution in [0.5, 0.6) is 5.88 Å². The van der Waals surface area contributed by atoms with E-state index >= 15 is 0 Å². The molecule has 1 aromatic heterocycles. The second kappa shape index (κ2) is 12.9. The second-order valence-electron chi connectivity index (χ2n) is 9.97. The molecule has 0 spiro atoms. The van der Waals surface area contributed by atoms with Gasteiger partial charge in [-0.1, -0.05) is 18.2 Å². The van der Waals surface area contributed by atoms with Gasteiger partial charge in [-0.05, 0) is 67.8 Å². The Kier molecular flexibility index (Phi) is 9.34. The van der Waals surface area contributed by atoms with Crippen LogP contribution >= 0.6 is 0 Å². The van der Waals surface area contributed by atoms with Gasteiger partial charge in [0.2, 0.25) is 5.88 Å². The van der Waals surface area contributed by atoms with Crippen LogP contribution in [-0.2, 0) is 9.47 Å². The molecule has 37 heavy (non-hydrogen) atoms. The number of ether oxygens (including phenoxy) is 3. The van der Waals surface area contributed by atoms with Crippen LogP contribution in [0.1, 0.15) is 39.2 Å². The van der Waals surface area contributed by atoms with E-state index in [9.17, 15) is 5.26 Å². The molecular weight excluding hydrogens is 464 g/mol. The number of hydrogen-bond donors (Lipinski definition) is 1. The average Bonchev–Trinajstić information content (AvgIpc) is 3.17. The van der Waals surface area contributed by atoms with Crippen molar-refractivity contribution in [3.8, 4) is 23.1 Å². The highest BCUT2D eigenvalue weighted by atomic mass is 16.5. The van der Waals surface area contributed by atoms with E-state index in [4.69, 9.17) is 14.2 Å². The number of nitrogens with zero attached hydrogens (tertiary/aromatic N) is 3. The van der Waals surface area contributed by atoms with Gasteiger partial charge in [-0.15, -0.1) is 0 Å². The first kappa shape index (κ1) is 26.9. The SMILES string of the molecule is CCOCCC(C)(C)Oc1nccc(-c2ccc3cc(NCCN4CCCOCC4)ccc3c2)c1C#N. The summed E-state index contributed by atoms with van der Waals surface area (Å²) < 4.78 is 17.2. The van der Waals surface area contributed by atoms with Crippen LogP contribution in [0.15, 0.2) is 48.7 Å². The Balaban J connectivity index is 1.47. The van der Waals surface area contributed by atoms with Crippen LogP contribution in [0.25, 0.3) is 21.9 Å². The average molecular weight is 503 g/mol. The van der Waals surface area contributed by atoms with Gasteiger partial charge in [0.15, 0.2) is 0 Å². The molecule has 7 heteroatoms. The number of nitriles is 1. The van der Waals surface area contributed by atoms with Crippen LogP contribution in [-0.4, -0.2) is 68.1 Å². The predicted molar refractivity (Wildman–Crippen MR) is 148 cm³/mol. The highest BCUT2D eigenvalue weighted by molar-refractivity contribution is 5.90. The zero-order valence-corrected chi connectivity index (χ0v) is 22.3. The lowest BCUT2D eigenvalue weighted by Crippen LogP contribution is -2.31. The maximum atomic E-state index is 10.0. The van der Waals surface area contributed by atoms with Gasteiger partial charge in [0.1, 0.15) is 17.2 Å². The highest BCUT2D eigenvalue weighted by Gasteiger charge is 2.23. The minimum Gasteiger partial charge on any atom is -0.471 e. The lowest BCUT2D eigenvalue weighted by molar-refractivity contribution is 0.0471. The number of hydrogen-bond acceptors (Lipinski definition) is 7. The molecule has 1 N–H and O–H groups in total. The summed E-state index contributed by atoms with van der Waals surface area (Å²) in [6.07, 6.45) is 3.51. The molecule has 0 unspecified atom stereocenters. The molecule has 0 atom stereocenters. The molecule has 4 rings (SSSR count). The van der Waals surface area contributed by atoms with E-state index in [0.29, 0.717) is 31.1 Å². The largest absolute Gasteiger partial charge is 0.471 e. The van der Waals surface area contributed by atoms with E-state index in [1.807, 2.05) is 26.8 Å². The van der Waals surface area contributed by atoms with Crippen molar-refractivity contribution in [3.05, 3.63) is 54.2 Å². The lowest BCUT2D eigenvalue weighted by Gasteiger charge is -2.26. The van der Waals surface area contributed by atoms with Gasteiger partial charge in [-0.25, -0.2) is 4.98 Å². The minimum absolute atomic E-state index is 0.358. The summed E-state index contributed by atoms with van der Waals surface area (Å²) in [7, 11) is 0. The van der Waals surface area contributed by atoms with Crippen LogP contribution in [0.3, 0.4) is 0 Å². The van der Waals surface area contributed by atoms with Crippen molar-refractivity contribution in [2.75, 3.05) is 57.9 Å². The van der Waals surface area contributed by atoms with Gasteiger partial charge in [-0.2, -0.15) is 5.26 Å². The number of nitrogens with one attached hydrogen (secondary N) is 1. The smallest absolute Gasteiger partial charge is 0.232 e. The first-order valence-electron chi connectivity index (χ1n) is 13.2. The molecule has 3 aromatic rings. The van der Waals surface area contributed by atoms with Crippen molar-refractivity contribution in [2.45, 2.75) is 39.2 Å². The van der Waals surface area contributed by atoms with Gasteiger partial charge < -0.3 is 19.5 Å². The number of aromatic nitrogens is 1. The molecule has 1 aliphatic rings. The molecular formula is C30H38N4O3. The molecule has 0 saturated carbocycles. The molecule has 0 aliphatic carbocycles. The normalized spacial score (nSPS) is 14.8. The van der Waals surface area contributed by atoms with E-state index in [1.54, 1.807) is 6.20 Å². The molecule has 2 heterocycles. The first-order valence-corrected chi connectivity index (χ1v) is 13.2. The van der Waals surface area contributed by atoms with Gasteiger partial charge in [0.05, 0.1) is 13.2 Å². The zero-order valence-electron chi connectivity index (χ0n) is 22.3. The van der Waals surface area contributed by atoms with Gasteiger partial charge in [0, 0.05) is 63.3 Å². The third kappa shape index (κ3) is 7.42. The van der Waals surface area contributed by atoms with Gasteiger partial charge >= 0.3 is 0 Å². The fourth-order valence-corrected chi connectivity index (χ4v) is 4.55. The Morgan fingerprint density at radius 1 is 1.11 bits per heavy atom. The Labute approximate surface area is 220 Å². The van der Waals surface area contributed by atoms with E-state index in [0.717, 1.165) is 73.4 Å². The number of anilines is 1. The standard InChI is InChI=1S/C30H38N4O3/c1-4-35-18-11-30(2,3)37-29-28(22-31)27(10-12-33-29)25-7-6-24-21-26(9-8-23(24)20-25)32-13-15-34-14-5-17-36-19-16-34/h6-10,12,20-21,32H,4-5,11,13-19H2,1-3H3. The minimum atomic E-state index is -0.500. The highest BCUT2D eigenvalue weighted by Crippen LogP contribution is 2.33. The Morgan fingerprint density at radius 3 is 2.78 bits per heavy atom. The van der Waals surface area contributed by atoms with E-state index in [2.05, 4.69) is 57.7 Å². The monoisotopic (exact) mass is 502 g/mol. The number of pyridine rings is 1. The molecule has 1 fully saturated rings. The van der Waals surface area contributed by atoms with Crippen molar-refractivity contribution in [3.63, 3.8) is 0 Å². The molecule has 0 amide bonds. The molecule has 1 saturated heterocycles. The van der Waals surface area contributed by atoms with Crippen molar-refractivity contribution >= 4 is 16.5 Å². The molecule has 0 bridgehead atoms. The Morgan fingerprint density at radius 2 is 1.95 bits per heavy atom. The summed E-state index contributed by atoms with van der Waals surface area (Å²) in [4.78, 5) is 6.84. The van der Waals surface area contributed by atoms with Crippen molar-refractivity contribution in [1.29, 1.82) is 5.26 Å². The van der Waals surface area contributed by atoms with Crippen molar-refractivity contribution in [2.24, 2.45) is 0 Å². The molecule has 0 radical (unpaired) electrons. The fraction of sp³-hybridized carbons (Fsp3) is 0.467. The summed E-state index contributed by atoms with van der Waals surface area (Å²) in [6.45, 7) is 12.9. The topological polar surface area (TPSA) is 79.6 Å². The van der Waals surface area contributed by atoms with Crippen LogP contribution in [0.4, 0.5) is 5.69 Å². The molecule has 2 aromatic carbocycles. The summed E-state index contributed by atoms with van der Waals surface area (Å²) in [5.74, 6) is 0.358. The zero-order chi connectivity index (χ0) is 26.1. The molecule has 196 valence electrons. The summed E-state index contributed by atoms with van der Waals surface area (Å²) >= 11 is 0. The summed E-state index contributed by atoms with van der Waals surface area (Å²) in [6, 6.07) is 16.9. The molecule has 1 aliphatic heterocycles. The van der Waals surface area contributed by atoms with E-state index in [1.165, 1.54) is 0 Å². The second-order valence-corrected chi connectivity index (χ2v) is 9.97. The van der Waals surface area contributed by atoms with Crippen LogP contribution < -0.4 is 10.1 Å². The Hall–Kier alpha value is -3.18. The van der Waals surface area contributed by atoms with Gasteiger partial charge in [0.25, 0.3) is 0 Å². The van der Waals surface area contributed by atoms with E-state index < -0.39 is 5.60 Å². The maximum absolute atomic E-state index is 10.0.